The largest absolute Gasteiger partial charge is 0.370 e. The van der Waals surface area contributed by atoms with Crippen LogP contribution in [-0.4, -0.2) is 18.0 Å². The Morgan fingerprint density at radius 2 is 1.89 bits per heavy atom. The summed E-state index contributed by atoms with van der Waals surface area (Å²) >= 11 is 1.29. The highest BCUT2D eigenvalue weighted by atomic mass is 32.2. The number of allylic oxidation sites excluding steroid dienone is 1. The number of rotatable bonds is 6. The summed E-state index contributed by atoms with van der Waals surface area (Å²) in [6.07, 6.45) is 6.79. The summed E-state index contributed by atoms with van der Waals surface area (Å²) in [5.41, 5.74) is 1.70. The second-order valence-corrected chi connectivity index (χ2v) is 7.52. The molecule has 2 bridgehead atoms. The van der Waals surface area contributed by atoms with Gasteiger partial charge in [0.15, 0.2) is 0 Å². The molecule has 3 heteroatoms. The maximum absolute atomic E-state index is 5.74. The summed E-state index contributed by atoms with van der Waals surface area (Å²) in [7, 11) is 2.18. The van der Waals surface area contributed by atoms with Gasteiger partial charge in [0.1, 0.15) is 0 Å². The Hall–Kier alpha value is -0.410. The van der Waals surface area contributed by atoms with Crippen molar-refractivity contribution in [2.75, 3.05) is 7.05 Å². The monoisotopic (exact) mass is 280 g/mol. The van der Waals surface area contributed by atoms with Crippen molar-refractivity contribution < 1.29 is 0 Å². The molecule has 2 saturated carbocycles. The Labute approximate surface area is 122 Å². The van der Waals surface area contributed by atoms with Crippen LogP contribution in [0.1, 0.15) is 46.0 Å². The Kier molecular flexibility index (Phi) is 4.36. The highest BCUT2D eigenvalue weighted by Gasteiger charge is 2.48. The minimum absolute atomic E-state index is 0.288. The van der Waals surface area contributed by atoms with Crippen LogP contribution in [-0.2, 0) is 0 Å². The minimum Gasteiger partial charge on any atom is -0.370 e. The van der Waals surface area contributed by atoms with Crippen molar-refractivity contribution in [3.05, 3.63) is 23.8 Å². The first-order valence-electron chi connectivity index (χ1n) is 7.39. The molecule has 0 aliphatic heterocycles. The fourth-order valence-electron chi connectivity index (χ4n) is 4.24. The normalized spacial score (nSPS) is 30.7. The molecule has 19 heavy (non-hydrogen) atoms. The summed E-state index contributed by atoms with van der Waals surface area (Å²) in [6, 6.07) is 0.288. The summed E-state index contributed by atoms with van der Waals surface area (Å²) in [5, 5.41) is 5.74. The van der Waals surface area contributed by atoms with Crippen molar-refractivity contribution in [2.45, 2.75) is 52.0 Å². The molecule has 1 unspecified atom stereocenters. The van der Waals surface area contributed by atoms with Gasteiger partial charge in [-0.05, 0) is 43.9 Å². The summed E-state index contributed by atoms with van der Waals surface area (Å²) in [6.45, 7) is 13.1. The van der Waals surface area contributed by atoms with Gasteiger partial charge in [0.25, 0.3) is 0 Å². The predicted molar refractivity (Wildman–Crippen MR) is 85.5 cm³/mol. The van der Waals surface area contributed by atoms with E-state index in [4.69, 9.17) is 5.14 Å². The third-order valence-electron chi connectivity index (χ3n) is 5.31. The van der Waals surface area contributed by atoms with Crippen molar-refractivity contribution in [1.29, 1.82) is 0 Å². The molecule has 1 atom stereocenters. The van der Waals surface area contributed by atoms with Crippen LogP contribution in [0, 0.1) is 17.3 Å². The van der Waals surface area contributed by atoms with Gasteiger partial charge in [-0.2, -0.15) is 0 Å². The van der Waals surface area contributed by atoms with Crippen LogP contribution in [0.15, 0.2) is 23.8 Å². The molecule has 0 spiro atoms. The molecular weight excluding hydrogens is 252 g/mol. The topological polar surface area (TPSA) is 29.3 Å². The number of hydrogen-bond acceptors (Lipinski definition) is 3. The first kappa shape index (κ1) is 15.0. The third-order valence-corrected chi connectivity index (χ3v) is 5.85. The molecule has 2 N–H and O–H groups in total. The van der Waals surface area contributed by atoms with Crippen LogP contribution in [0.3, 0.4) is 0 Å². The van der Waals surface area contributed by atoms with E-state index in [-0.39, 0.29) is 6.04 Å². The molecule has 2 fully saturated rings. The van der Waals surface area contributed by atoms with Gasteiger partial charge in [-0.25, -0.2) is 0 Å². The van der Waals surface area contributed by atoms with E-state index in [9.17, 15) is 0 Å². The van der Waals surface area contributed by atoms with E-state index in [0.29, 0.717) is 11.3 Å². The zero-order chi connectivity index (χ0) is 14.2. The lowest BCUT2D eigenvalue weighted by Crippen LogP contribution is -2.40. The Morgan fingerprint density at radius 1 is 1.32 bits per heavy atom. The second-order valence-electron chi connectivity index (χ2n) is 6.76. The molecule has 2 aliphatic carbocycles. The number of nitrogens with two attached hydrogens (primary N) is 1. The molecule has 0 amide bonds. The molecule has 0 radical (unpaired) electrons. The van der Waals surface area contributed by atoms with E-state index < -0.39 is 0 Å². The summed E-state index contributed by atoms with van der Waals surface area (Å²) < 4.78 is 0. The lowest BCUT2D eigenvalue weighted by molar-refractivity contribution is 0.203. The first-order chi connectivity index (χ1) is 8.91. The molecule has 0 aromatic heterocycles. The number of likely N-dealkylation sites (N-methyl/N-ethyl adjacent to an activating group) is 1. The molecule has 0 aromatic carbocycles. The van der Waals surface area contributed by atoms with E-state index in [1.165, 1.54) is 49.7 Å². The number of nitrogens with zero attached hydrogens (tertiary/aromatic N) is 1. The highest BCUT2D eigenvalue weighted by Crippen LogP contribution is 2.58. The van der Waals surface area contributed by atoms with Crippen molar-refractivity contribution >= 4 is 11.9 Å². The third kappa shape index (κ3) is 2.59. The SMILES string of the molecule is C=C(SN)C(C(C)C)N(C)C(=C)C12CCC(CC1)C2. The minimum atomic E-state index is 0.288. The van der Waals surface area contributed by atoms with Gasteiger partial charge in [0, 0.05) is 23.1 Å². The molecule has 108 valence electrons. The molecule has 0 saturated heterocycles. The second kappa shape index (κ2) is 5.53. The van der Waals surface area contributed by atoms with Gasteiger partial charge < -0.3 is 4.90 Å². The number of hydrogen-bond donors (Lipinski definition) is 1. The number of fused-ring (bicyclic) bond motifs is 2. The van der Waals surface area contributed by atoms with Crippen LogP contribution in [0.5, 0.6) is 0 Å². The molecule has 0 aromatic rings. The fraction of sp³-hybridized carbons (Fsp3) is 0.750. The maximum atomic E-state index is 5.74. The van der Waals surface area contributed by atoms with E-state index in [0.717, 1.165) is 10.8 Å². The van der Waals surface area contributed by atoms with Gasteiger partial charge in [0.05, 0.1) is 6.04 Å². The van der Waals surface area contributed by atoms with Crippen LogP contribution in [0.4, 0.5) is 0 Å². The van der Waals surface area contributed by atoms with Gasteiger partial charge in [-0.1, -0.05) is 39.0 Å². The van der Waals surface area contributed by atoms with Crippen molar-refractivity contribution in [3.63, 3.8) is 0 Å². The van der Waals surface area contributed by atoms with E-state index in [1.807, 2.05) is 0 Å². The van der Waals surface area contributed by atoms with E-state index in [1.54, 1.807) is 0 Å². The quantitative estimate of drug-likeness (QED) is 0.741. The van der Waals surface area contributed by atoms with Crippen molar-refractivity contribution in [3.8, 4) is 0 Å². The van der Waals surface area contributed by atoms with Gasteiger partial charge >= 0.3 is 0 Å². The van der Waals surface area contributed by atoms with Crippen LogP contribution in [0.25, 0.3) is 0 Å². The average molecular weight is 280 g/mol. The molecular formula is C16H28N2S. The van der Waals surface area contributed by atoms with Crippen LogP contribution in [0.2, 0.25) is 0 Å². The van der Waals surface area contributed by atoms with E-state index >= 15 is 0 Å². The Bertz CT molecular complexity index is 367. The Balaban J connectivity index is 2.15. The van der Waals surface area contributed by atoms with Gasteiger partial charge in [-0.3, -0.25) is 5.14 Å². The maximum Gasteiger partial charge on any atom is 0.0624 e. The Morgan fingerprint density at radius 3 is 2.26 bits per heavy atom. The standard InChI is InChI=1S/C16H28N2S/c1-11(2)15(12(3)19-17)18(5)13(4)16-8-6-14(10-16)7-9-16/h11,14-15H,3-4,6-10,17H2,1-2,5H3. The average Bonchev–Trinajstić information content (AvgIpc) is 2.98. The van der Waals surface area contributed by atoms with Gasteiger partial charge in [-0.15, -0.1) is 0 Å². The summed E-state index contributed by atoms with van der Waals surface area (Å²) in [5.74, 6) is 1.45. The smallest absolute Gasteiger partial charge is 0.0624 e. The van der Waals surface area contributed by atoms with E-state index in [2.05, 4.69) is 39.0 Å². The molecule has 2 nitrogen and oxygen atoms in total. The first-order valence-corrected chi connectivity index (χ1v) is 8.27. The lowest BCUT2D eigenvalue weighted by atomic mass is 9.80. The fourth-order valence-corrected chi connectivity index (χ4v) is 4.81. The lowest BCUT2D eigenvalue weighted by Gasteiger charge is -2.42. The van der Waals surface area contributed by atoms with Crippen LogP contribution >= 0.6 is 11.9 Å². The zero-order valence-electron chi connectivity index (χ0n) is 12.6. The van der Waals surface area contributed by atoms with Crippen LogP contribution < -0.4 is 5.14 Å². The molecule has 0 heterocycles. The molecule has 2 aliphatic rings. The van der Waals surface area contributed by atoms with Crippen molar-refractivity contribution in [1.82, 2.24) is 4.90 Å². The van der Waals surface area contributed by atoms with Crippen molar-refractivity contribution in [2.24, 2.45) is 22.4 Å². The zero-order valence-corrected chi connectivity index (χ0v) is 13.4. The molecule has 2 rings (SSSR count). The predicted octanol–water partition coefficient (Wildman–Crippen LogP) is 4.16. The van der Waals surface area contributed by atoms with Gasteiger partial charge in [0.2, 0.25) is 0 Å². The summed E-state index contributed by atoms with van der Waals surface area (Å²) in [4.78, 5) is 3.41. The highest BCUT2D eigenvalue weighted by molar-refractivity contribution is 8.00.